The van der Waals surface area contributed by atoms with Crippen LogP contribution < -0.4 is 17.0 Å². The van der Waals surface area contributed by atoms with Crippen molar-refractivity contribution in [2.75, 3.05) is 26.7 Å². The van der Waals surface area contributed by atoms with Crippen LogP contribution in [-0.2, 0) is 0 Å². The van der Waals surface area contributed by atoms with Gasteiger partial charge in [0.1, 0.15) is 6.54 Å². The van der Waals surface area contributed by atoms with E-state index in [2.05, 4.69) is 87.6 Å². The van der Waals surface area contributed by atoms with Gasteiger partial charge < -0.3 is 21.5 Å². The van der Waals surface area contributed by atoms with Crippen LogP contribution in [-0.4, -0.2) is 31.2 Å². The van der Waals surface area contributed by atoms with Crippen LogP contribution in [0.25, 0.3) is 11.6 Å². The fraction of sp³-hybridized carbons (Fsp3) is 0.300. The molecule has 0 unspecified atom stereocenters. The summed E-state index contributed by atoms with van der Waals surface area (Å²) >= 11 is 0. The smallest absolute Gasteiger partial charge is 0.105 e. The van der Waals surface area contributed by atoms with Gasteiger partial charge in [0.2, 0.25) is 0 Å². The Balaban J connectivity index is 0.00000242. The molecule has 0 aliphatic heterocycles. The summed E-state index contributed by atoms with van der Waals surface area (Å²) in [5.41, 5.74) is 4.01. The summed E-state index contributed by atoms with van der Waals surface area (Å²) in [4.78, 5) is 0. The maximum absolute atomic E-state index is 2.34. The zero-order valence-electron chi connectivity index (χ0n) is 13.8. The molecule has 0 aliphatic carbocycles. The molecule has 2 aromatic rings. The summed E-state index contributed by atoms with van der Waals surface area (Å²) in [5, 5.41) is 0. The average Bonchev–Trinajstić information content (AvgIpc) is 2.56. The van der Waals surface area contributed by atoms with E-state index in [9.17, 15) is 0 Å². The highest BCUT2D eigenvalue weighted by Crippen LogP contribution is 2.22. The fourth-order valence-corrected chi connectivity index (χ4v) is 2.48. The van der Waals surface area contributed by atoms with E-state index in [0.717, 1.165) is 24.1 Å². The number of nitrogens with zero attached hydrogens (tertiary/aromatic N) is 1. The van der Waals surface area contributed by atoms with Crippen LogP contribution in [0.15, 0.2) is 60.7 Å². The van der Waals surface area contributed by atoms with Crippen LogP contribution in [0.5, 0.6) is 0 Å². The first-order valence-corrected chi connectivity index (χ1v) is 7.81. The molecule has 0 fully saturated rings. The number of rotatable bonds is 6. The minimum Gasteiger partial charge on any atom is -1.00 e. The second-order valence-corrected chi connectivity index (χ2v) is 5.86. The fourth-order valence-electron chi connectivity index (χ4n) is 2.48. The lowest BCUT2D eigenvalue weighted by Gasteiger charge is -2.33. The summed E-state index contributed by atoms with van der Waals surface area (Å²) in [6.07, 6.45) is 2.33. The van der Waals surface area contributed by atoms with Gasteiger partial charge in [0, 0.05) is 5.57 Å². The van der Waals surface area contributed by atoms with Crippen molar-refractivity contribution in [3.63, 3.8) is 0 Å². The maximum Gasteiger partial charge on any atom is 0.105 e. The summed E-state index contributed by atoms with van der Waals surface area (Å²) in [6, 6.07) is 21.4. The standard InChI is InChI=1S/C20H26N.BrH/c1-4-21(3,5-2)17-20(19-14-10-7-11-15-19)16-18-12-8-6-9-13-18;/h6-16H,4-5,17H2,1-3H3;1H/q+1;/p-1/b20-16+;. The van der Waals surface area contributed by atoms with Gasteiger partial charge in [0.25, 0.3) is 0 Å². The molecule has 0 spiro atoms. The Morgan fingerprint density at radius 2 is 1.36 bits per heavy atom. The van der Waals surface area contributed by atoms with Crippen LogP contribution in [0, 0.1) is 0 Å². The van der Waals surface area contributed by atoms with Crippen LogP contribution in [0.1, 0.15) is 25.0 Å². The Bertz CT molecular complexity index is 571. The van der Waals surface area contributed by atoms with Crippen molar-refractivity contribution in [3.05, 3.63) is 71.8 Å². The third kappa shape index (κ3) is 5.11. The molecular formula is C20H26BrN. The summed E-state index contributed by atoms with van der Waals surface area (Å²) < 4.78 is 1.06. The molecule has 2 aromatic carbocycles. The van der Waals surface area contributed by atoms with E-state index in [4.69, 9.17) is 0 Å². The van der Waals surface area contributed by atoms with Crippen molar-refractivity contribution in [1.82, 2.24) is 0 Å². The summed E-state index contributed by atoms with van der Waals surface area (Å²) in [5.74, 6) is 0. The monoisotopic (exact) mass is 359 g/mol. The molecule has 0 N–H and O–H groups in total. The van der Waals surface area contributed by atoms with Gasteiger partial charge >= 0.3 is 0 Å². The van der Waals surface area contributed by atoms with E-state index in [1.165, 1.54) is 16.7 Å². The Hall–Kier alpha value is -1.38. The van der Waals surface area contributed by atoms with Crippen molar-refractivity contribution in [1.29, 1.82) is 0 Å². The molecule has 0 radical (unpaired) electrons. The zero-order valence-corrected chi connectivity index (χ0v) is 15.4. The molecule has 0 saturated carbocycles. The quantitative estimate of drug-likeness (QED) is 0.544. The first-order chi connectivity index (χ1) is 10.2. The third-order valence-corrected chi connectivity index (χ3v) is 4.36. The Labute approximate surface area is 145 Å². The highest BCUT2D eigenvalue weighted by atomic mass is 79.9. The van der Waals surface area contributed by atoms with Gasteiger partial charge in [-0.15, -0.1) is 0 Å². The van der Waals surface area contributed by atoms with Crippen molar-refractivity contribution >= 4 is 11.6 Å². The molecule has 0 aliphatic rings. The molecule has 0 bridgehead atoms. The van der Waals surface area contributed by atoms with Gasteiger partial charge in [0.05, 0.1) is 20.1 Å². The SMILES string of the molecule is CC[N+](C)(CC)C/C(=C\c1ccccc1)c1ccccc1.[Br-]. The van der Waals surface area contributed by atoms with Crippen molar-refractivity contribution in [3.8, 4) is 0 Å². The van der Waals surface area contributed by atoms with Crippen molar-refractivity contribution in [2.45, 2.75) is 13.8 Å². The van der Waals surface area contributed by atoms with E-state index in [1.807, 2.05) is 0 Å². The number of hydrogen-bond donors (Lipinski definition) is 0. The molecule has 22 heavy (non-hydrogen) atoms. The normalized spacial score (nSPS) is 11.9. The van der Waals surface area contributed by atoms with E-state index in [1.54, 1.807) is 0 Å². The van der Waals surface area contributed by atoms with Gasteiger partial charge in [0.15, 0.2) is 0 Å². The molecule has 118 valence electrons. The molecule has 1 nitrogen and oxygen atoms in total. The molecule has 2 rings (SSSR count). The number of quaternary nitrogens is 1. The molecule has 2 heteroatoms. The van der Waals surface area contributed by atoms with E-state index in [0.29, 0.717) is 0 Å². The number of benzene rings is 2. The molecule has 0 amide bonds. The first kappa shape index (κ1) is 18.7. The largest absolute Gasteiger partial charge is 1.00 e. The van der Waals surface area contributed by atoms with Crippen LogP contribution in [0.4, 0.5) is 0 Å². The number of halogens is 1. The summed E-state index contributed by atoms with van der Waals surface area (Å²) in [7, 11) is 2.34. The minimum absolute atomic E-state index is 0. The third-order valence-electron chi connectivity index (χ3n) is 4.36. The molecular weight excluding hydrogens is 334 g/mol. The molecule has 0 aromatic heterocycles. The Morgan fingerprint density at radius 3 is 1.86 bits per heavy atom. The average molecular weight is 360 g/mol. The van der Waals surface area contributed by atoms with Crippen LogP contribution >= 0.6 is 0 Å². The lowest BCUT2D eigenvalue weighted by atomic mass is 10.0. The zero-order chi connectivity index (χ0) is 15.1. The van der Waals surface area contributed by atoms with Crippen molar-refractivity contribution < 1.29 is 21.5 Å². The van der Waals surface area contributed by atoms with E-state index in [-0.39, 0.29) is 17.0 Å². The lowest BCUT2D eigenvalue weighted by Crippen LogP contribution is -3.00. The predicted molar refractivity (Wildman–Crippen MR) is 92.9 cm³/mol. The maximum atomic E-state index is 2.34. The van der Waals surface area contributed by atoms with Gasteiger partial charge in [-0.1, -0.05) is 60.7 Å². The van der Waals surface area contributed by atoms with Crippen molar-refractivity contribution in [2.24, 2.45) is 0 Å². The van der Waals surface area contributed by atoms with E-state index < -0.39 is 0 Å². The first-order valence-electron chi connectivity index (χ1n) is 7.81. The molecule has 0 heterocycles. The number of hydrogen-bond acceptors (Lipinski definition) is 0. The van der Waals surface area contributed by atoms with Gasteiger partial charge in [-0.25, -0.2) is 0 Å². The highest BCUT2D eigenvalue weighted by Gasteiger charge is 2.19. The second-order valence-electron chi connectivity index (χ2n) is 5.86. The lowest BCUT2D eigenvalue weighted by molar-refractivity contribution is -0.898. The van der Waals surface area contributed by atoms with E-state index >= 15 is 0 Å². The Kier molecular flexibility index (Phi) is 7.57. The number of likely N-dealkylation sites (N-methyl/N-ethyl adjacent to an activating group) is 1. The molecule has 0 atom stereocenters. The van der Waals surface area contributed by atoms with Crippen LogP contribution in [0.3, 0.4) is 0 Å². The van der Waals surface area contributed by atoms with Gasteiger partial charge in [-0.2, -0.15) is 0 Å². The van der Waals surface area contributed by atoms with Gasteiger partial charge in [-0.3, -0.25) is 0 Å². The summed E-state index contributed by atoms with van der Waals surface area (Å²) in [6.45, 7) is 7.90. The van der Waals surface area contributed by atoms with Gasteiger partial charge in [-0.05, 0) is 31.1 Å². The minimum atomic E-state index is 0. The highest BCUT2D eigenvalue weighted by molar-refractivity contribution is 5.81. The second kappa shape index (κ2) is 8.92. The molecule has 0 saturated heterocycles. The Morgan fingerprint density at radius 1 is 0.864 bits per heavy atom. The topological polar surface area (TPSA) is 0 Å². The van der Waals surface area contributed by atoms with Crippen LogP contribution in [0.2, 0.25) is 0 Å². The predicted octanol–water partition coefficient (Wildman–Crippen LogP) is 1.72.